The molecule has 4 heteroatoms. The van der Waals surface area contributed by atoms with Crippen LogP contribution in [0.2, 0.25) is 0 Å². The third-order valence-electron chi connectivity index (χ3n) is 2.12. The normalized spacial score (nSPS) is 27.6. The summed E-state index contributed by atoms with van der Waals surface area (Å²) in [4.78, 5) is 11.3. The lowest BCUT2D eigenvalue weighted by atomic mass is 10.2. The molecule has 2 unspecified atom stereocenters. The van der Waals surface area contributed by atoms with Crippen molar-refractivity contribution in [1.82, 2.24) is 0 Å². The van der Waals surface area contributed by atoms with Crippen LogP contribution in [0.4, 0.5) is 0 Å². The van der Waals surface area contributed by atoms with Gasteiger partial charge >= 0.3 is 5.97 Å². The second-order valence-corrected chi connectivity index (χ2v) is 5.38. The van der Waals surface area contributed by atoms with E-state index in [4.69, 9.17) is 9.47 Å². The van der Waals surface area contributed by atoms with E-state index in [1.165, 1.54) is 0 Å². The summed E-state index contributed by atoms with van der Waals surface area (Å²) in [5.74, 6) is -0.330. The SMILES string of the molecule is C=C(C)C(=O)OC1COCCCC(C)S1. The van der Waals surface area contributed by atoms with E-state index in [1.807, 2.05) is 0 Å². The van der Waals surface area contributed by atoms with Crippen molar-refractivity contribution in [2.45, 2.75) is 37.4 Å². The van der Waals surface area contributed by atoms with E-state index >= 15 is 0 Å². The predicted molar refractivity (Wildman–Crippen MR) is 61.8 cm³/mol. The molecule has 86 valence electrons. The lowest BCUT2D eigenvalue weighted by Gasteiger charge is -2.23. The van der Waals surface area contributed by atoms with Gasteiger partial charge in [0.15, 0.2) is 5.44 Å². The van der Waals surface area contributed by atoms with Crippen molar-refractivity contribution < 1.29 is 14.3 Å². The minimum Gasteiger partial charge on any atom is -0.445 e. The summed E-state index contributed by atoms with van der Waals surface area (Å²) >= 11 is 1.66. The molecule has 0 radical (unpaired) electrons. The standard InChI is InChI=1S/C11H18O3S/c1-8(2)11(12)14-10-7-13-6-4-5-9(3)15-10/h9-10H,1,4-7H2,2-3H3. The summed E-state index contributed by atoms with van der Waals surface area (Å²) < 4.78 is 10.6. The molecule has 1 rings (SSSR count). The highest BCUT2D eigenvalue weighted by molar-refractivity contribution is 8.00. The first-order valence-corrected chi connectivity index (χ1v) is 6.13. The molecule has 15 heavy (non-hydrogen) atoms. The molecule has 0 aliphatic carbocycles. The van der Waals surface area contributed by atoms with Gasteiger partial charge in [0, 0.05) is 17.4 Å². The van der Waals surface area contributed by atoms with Crippen molar-refractivity contribution in [3.8, 4) is 0 Å². The third kappa shape index (κ3) is 4.71. The number of ether oxygens (including phenoxy) is 2. The highest BCUT2D eigenvalue weighted by atomic mass is 32.2. The molecule has 2 atom stereocenters. The Kier molecular flexibility index (Phi) is 5.19. The van der Waals surface area contributed by atoms with Crippen LogP contribution in [0.15, 0.2) is 12.2 Å². The van der Waals surface area contributed by atoms with Crippen molar-refractivity contribution >= 4 is 17.7 Å². The molecule has 1 fully saturated rings. The van der Waals surface area contributed by atoms with Gasteiger partial charge in [-0.15, -0.1) is 11.8 Å². The van der Waals surface area contributed by atoms with E-state index in [0.717, 1.165) is 19.4 Å². The zero-order chi connectivity index (χ0) is 11.3. The molecule has 1 aliphatic rings. The van der Waals surface area contributed by atoms with E-state index in [-0.39, 0.29) is 11.4 Å². The molecule has 0 N–H and O–H groups in total. The second kappa shape index (κ2) is 6.18. The topological polar surface area (TPSA) is 35.5 Å². The van der Waals surface area contributed by atoms with E-state index < -0.39 is 0 Å². The molecule has 0 aromatic carbocycles. The summed E-state index contributed by atoms with van der Waals surface area (Å²) in [5, 5.41) is 0.511. The average Bonchev–Trinajstić information content (AvgIpc) is 2.13. The lowest BCUT2D eigenvalue weighted by molar-refractivity contribution is -0.142. The number of esters is 1. The second-order valence-electron chi connectivity index (χ2n) is 3.78. The number of rotatable bonds is 2. The smallest absolute Gasteiger partial charge is 0.334 e. The van der Waals surface area contributed by atoms with Crippen LogP contribution >= 0.6 is 11.8 Å². The molecule has 0 bridgehead atoms. The lowest BCUT2D eigenvalue weighted by Crippen LogP contribution is -2.25. The monoisotopic (exact) mass is 230 g/mol. The Morgan fingerprint density at radius 3 is 3.00 bits per heavy atom. The minimum absolute atomic E-state index is 0.190. The molecular weight excluding hydrogens is 212 g/mol. The van der Waals surface area contributed by atoms with Crippen molar-refractivity contribution in [3.05, 3.63) is 12.2 Å². The average molecular weight is 230 g/mol. The Morgan fingerprint density at radius 2 is 2.33 bits per heavy atom. The van der Waals surface area contributed by atoms with Crippen LogP contribution in [0.5, 0.6) is 0 Å². The fourth-order valence-electron chi connectivity index (χ4n) is 1.30. The summed E-state index contributed by atoms with van der Waals surface area (Å²) in [6, 6.07) is 0. The van der Waals surface area contributed by atoms with Gasteiger partial charge < -0.3 is 9.47 Å². The van der Waals surface area contributed by atoms with Crippen LogP contribution in [0.25, 0.3) is 0 Å². The van der Waals surface area contributed by atoms with Crippen LogP contribution < -0.4 is 0 Å². The highest BCUT2D eigenvalue weighted by Gasteiger charge is 2.20. The molecule has 1 heterocycles. The molecule has 0 aromatic rings. The summed E-state index contributed by atoms with van der Waals surface area (Å²) in [7, 11) is 0. The van der Waals surface area contributed by atoms with E-state index in [9.17, 15) is 4.79 Å². The number of thioether (sulfide) groups is 1. The van der Waals surface area contributed by atoms with Crippen LogP contribution in [0.3, 0.4) is 0 Å². The molecule has 0 amide bonds. The van der Waals surface area contributed by atoms with Crippen molar-refractivity contribution in [2.75, 3.05) is 13.2 Å². The van der Waals surface area contributed by atoms with Gasteiger partial charge in [0.1, 0.15) is 0 Å². The summed E-state index contributed by atoms with van der Waals surface area (Å²) in [6.07, 6.45) is 2.18. The van der Waals surface area contributed by atoms with E-state index in [2.05, 4.69) is 13.5 Å². The van der Waals surface area contributed by atoms with Gasteiger partial charge in [-0.3, -0.25) is 0 Å². The van der Waals surface area contributed by atoms with Gasteiger partial charge in [-0.25, -0.2) is 4.79 Å². The van der Waals surface area contributed by atoms with Gasteiger partial charge in [0.25, 0.3) is 0 Å². The number of carbonyl (C=O) groups excluding carboxylic acids is 1. The molecule has 1 aliphatic heterocycles. The Morgan fingerprint density at radius 1 is 1.60 bits per heavy atom. The van der Waals surface area contributed by atoms with Crippen molar-refractivity contribution in [1.29, 1.82) is 0 Å². The van der Waals surface area contributed by atoms with Gasteiger partial charge in [-0.05, 0) is 19.8 Å². The van der Waals surface area contributed by atoms with Crippen molar-refractivity contribution in [2.24, 2.45) is 0 Å². The first-order chi connectivity index (χ1) is 7.09. The number of carbonyl (C=O) groups is 1. The maximum absolute atomic E-state index is 11.3. The van der Waals surface area contributed by atoms with Gasteiger partial charge in [-0.1, -0.05) is 13.5 Å². The molecule has 1 saturated heterocycles. The highest BCUT2D eigenvalue weighted by Crippen LogP contribution is 2.25. The zero-order valence-corrected chi connectivity index (χ0v) is 10.1. The summed E-state index contributed by atoms with van der Waals surface area (Å²) in [5.41, 5.74) is 0.245. The number of hydrogen-bond acceptors (Lipinski definition) is 4. The number of hydrogen-bond donors (Lipinski definition) is 0. The largest absolute Gasteiger partial charge is 0.445 e. The maximum Gasteiger partial charge on any atom is 0.334 e. The third-order valence-corrected chi connectivity index (χ3v) is 3.36. The summed E-state index contributed by atoms with van der Waals surface area (Å²) in [6.45, 7) is 8.60. The fourth-order valence-corrected chi connectivity index (χ4v) is 2.44. The molecule has 0 saturated carbocycles. The molecule has 0 spiro atoms. The van der Waals surface area contributed by atoms with E-state index in [0.29, 0.717) is 17.4 Å². The molecule has 3 nitrogen and oxygen atoms in total. The molecule has 0 aromatic heterocycles. The quantitative estimate of drug-likeness (QED) is 0.539. The maximum atomic E-state index is 11.3. The van der Waals surface area contributed by atoms with Gasteiger partial charge in [0.05, 0.1) is 6.61 Å². The van der Waals surface area contributed by atoms with Crippen LogP contribution in [-0.4, -0.2) is 29.9 Å². The predicted octanol–water partition coefficient (Wildman–Crippen LogP) is 2.36. The molecular formula is C11H18O3S. The first-order valence-electron chi connectivity index (χ1n) is 5.19. The Hall–Kier alpha value is -0.480. The van der Waals surface area contributed by atoms with Crippen LogP contribution in [-0.2, 0) is 14.3 Å². The Balaban J connectivity index is 2.43. The fraction of sp³-hybridized carbons (Fsp3) is 0.727. The Labute approximate surface area is 95.2 Å². The van der Waals surface area contributed by atoms with Crippen molar-refractivity contribution in [3.63, 3.8) is 0 Å². The Bertz CT molecular complexity index is 240. The first kappa shape index (κ1) is 12.6. The van der Waals surface area contributed by atoms with E-state index in [1.54, 1.807) is 18.7 Å². The van der Waals surface area contributed by atoms with Crippen LogP contribution in [0, 0.1) is 0 Å². The minimum atomic E-state index is -0.330. The van der Waals surface area contributed by atoms with Crippen LogP contribution in [0.1, 0.15) is 26.7 Å². The van der Waals surface area contributed by atoms with Gasteiger partial charge in [0.2, 0.25) is 0 Å². The zero-order valence-electron chi connectivity index (χ0n) is 9.32. The van der Waals surface area contributed by atoms with Gasteiger partial charge in [-0.2, -0.15) is 0 Å².